The van der Waals surface area contributed by atoms with Gasteiger partial charge in [-0.1, -0.05) is 12.1 Å². The highest BCUT2D eigenvalue weighted by molar-refractivity contribution is 7.13. The van der Waals surface area contributed by atoms with Crippen LogP contribution in [0, 0.1) is 0 Å². The normalized spacial score (nSPS) is 20.4. The Labute approximate surface area is 93.3 Å². The second-order valence-corrected chi connectivity index (χ2v) is 5.36. The maximum atomic E-state index is 6.07. The third-order valence-corrected chi connectivity index (χ3v) is 4.35. The van der Waals surface area contributed by atoms with E-state index >= 15 is 0 Å². The summed E-state index contributed by atoms with van der Waals surface area (Å²) in [4.78, 5) is 0. The van der Waals surface area contributed by atoms with Crippen LogP contribution in [0.1, 0.15) is 25.3 Å². The Morgan fingerprint density at radius 1 is 1.47 bits per heavy atom. The second kappa shape index (κ2) is 3.03. The molecule has 1 fully saturated rings. The minimum atomic E-state index is 0.253. The summed E-state index contributed by atoms with van der Waals surface area (Å²) in [7, 11) is 0. The van der Waals surface area contributed by atoms with Crippen LogP contribution in [0.15, 0.2) is 24.4 Å². The van der Waals surface area contributed by atoms with Crippen LogP contribution in [0.2, 0.25) is 0 Å². The highest BCUT2D eigenvalue weighted by Gasteiger charge is 2.47. The van der Waals surface area contributed by atoms with Gasteiger partial charge < -0.3 is 5.73 Å². The first kappa shape index (κ1) is 9.31. The maximum Gasteiger partial charge on any atom is 0.0552 e. The number of nitrogens with zero attached hydrogens (tertiary/aromatic N) is 1. The van der Waals surface area contributed by atoms with Gasteiger partial charge in [-0.05, 0) is 42.9 Å². The van der Waals surface area contributed by atoms with Gasteiger partial charge in [-0.2, -0.15) is 4.37 Å². The summed E-state index contributed by atoms with van der Waals surface area (Å²) in [5, 5.41) is 1.24. The van der Waals surface area contributed by atoms with Gasteiger partial charge in [0.2, 0.25) is 0 Å². The molecule has 0 bridgehead atoms. The van der Waals surface area contributed by atoms with Crippen molar-refractivity contribution in [1.29, 1.82) is 0 Å². The molecule has 1 aliphatic carbocycles. The van der Waals surface area contributed by atoms with Crippen molar-refractivity contribution in [2.24, 2.45) is 5.73 Å². The molecule has 0 radical (unpaired) electrons. The van der Waals surface area contributed by atoms with Crippen molar-refractivity contribution >= 4 is 21.6 Å². The zero-order chi connectivity index (χ0) is 10.5. The van der Waals surface area contributed by atoms with Gasteiger partial charge in [0.05, 0.1) is 4.70 Å². The van der Waals surface area contributed by atoms with Crippen molar-refractivity contribution < 1.29 is 0 Å². The molecule has 2 N–H and O–H groups in total. The van der Waals surface area contributed by atoms with Gasteiger partial charge in [0, 0.05) is 23.0 Å². The SMILES string of the molecule is CC(N)C1(c2ccc3cnsc3c2)CC1. The molecule has 2 aromatic rings. The fourth-order valence-corrected chi connectivity index (χ4v) is 3.00. The van der Waals surface area contributed by atoms with Gasteiger partial charge in [0.15, 0.2) is 0 Å². The number of nitrogens with two attached hydrogens (primary N) is 1. The average Bonchev–Trinajstić information content (AvgIpc) is 2.91. The van der Waals surface area contributed by atoms with Crippen molar-refractivity contribution in [3.63, 3.8) is 0 Å². The number of hydrogen-bond donors (Lipinski definition) is 1. The molecule has 0 spiro atoms. The standard InChI is InChI=1S/C12H14N2S/c1-8(13)12(4-5-12)10-3-2-9-7-14-15-11(9)6-10/h2-3,6-8H,4-5,13H2,1H3. The summed E-state index contributed by atoms with van der Waals surface area (Å²) < 4.78 is 5.48. The van der Waals surface area contributed by atoms with E-state index in [1.807, 2.05) is 6.20 Å². The van der Waals surface area contributed by atoms with Gasteiger partial charge in [0.1, 0.15) is 0 Å². The Balaban J connectivity index is 2.11. The Hall–Kier alpha value is -0.930. The first-order valence-corrected chi connectivity index (χ1v) is 6.10. The zero-order valence-corrected chi connectivity index (χ0v) is 9.55. The number of rotatable bonds is 2. The van der Waals surface area contributed by atoms with Crippen LogP contribution in [0.4, 0.5) is 0 Å². The summed E-state index contributed by atoms with van der Waals surface area (Å²) in [5.74, 6) is 0. The van der Waals surface area contributed by atoms with E-state index in [4.69, 9.17) is 5.73 Å². The highest BCUT2D eigenvalue weighted by Crippen LogP contribution is 2.50. The lowest BCUT2D eigenvalue weighted by Gasteiger charge is -2.19. The minimum Gasteiger partial charge on any atom is -0.327 e. The van der Waals surface area contributed by atoms with Crippen LogP contribution < -0.4 is 5.73 Å². The topological polar surface area (TPSA) is 38.9 Å². The largest absolute Gasteiger partial charge is 0.327 e. The molecule has 3 rings (SSSR count). The van der Waals surface area contributed by atoms with Crippen molar-refractivity contribution in [1.82, 2.24) is 4.37 Å². The van der Waals surface area contributed by atoms with Gasteiger partial charge >= 0.3 is 0 Å². The lowest BCUT2D eigenvalue weighted by molar-refractivity contribution is 0.557. The van der Waals surface area contributed by atoms with E-state index < -0.39 is 0 Å². The van der Waals surface area contributed by atoms with E-state index in [0.717, 1.165) is 0 Å². The van der Waals surface area contributed by atoms with Crippen LogP contribution in [0.25, 0.3) is 10.1 Å². The van der Waals surface area contributed by atoms with Crippen LogP contribution in [0.5, 0.6) is 0 Å². The molecule has 78 valence electrons. The Bertz CT molecular complexity index is 497. The molecule has 2 nitrogen and oxygen atoms in total. The van der Waals surface area contributed by atoms with E-state index in [1.54, 1.807) is 11.5 Å². The molecule has 1 aromatic carbocycles. The third kappa shape index (κ3) is 1.30. The van der Waals surface area contributed by atoms with E-state index in [2.05, 4.69) is 29.5 Å². The first-order chi connectivity index (χ1) is 7.22. The molecule has 1 saturated carbocycles. The lowest BCUT2D eigenvalue weighted by Crippen LogP contribution is -2.31. The van der Waals surface area contributed by atoms with Crippen molar-refractivity contribution in [2.75, 3.05) is 0 Å². The molecular weight excluding hydrogens is 204 g/mol. The number of benzene rings is 1. The summed E-state index contributed by atoms with van der Waals surface area (Å²) in [6, 6.07) is 6.90. The van der Waals surface area contributed by atoms with Crippen LogP contribution in [0.3, 0.4) is 0 Å². The molecule has 15 heavy (non-hydrogen) atoms. The van der Waals surface area contributed by atoms with Crippen molar-refractivity contribution in [2.45, 2.75) is 31.2 Å². The summed E-state index contributed by atoms with van der Waals surface area (Å²) in [5.41, 5.74) is 7.73. The molecule has 1 atom stereocenters. The van der Waals surface area contributed by atoms with Gasteiger partial charge in [0.25, 0.3) is 0 Å². The lowest BCUT2D eigenvalue weighted by atomic mass is 9.89. The molecule has 0 saturated heterocycles. The summed E-state index contributed by atoms with van der Waals surface area (Å²) >= 11 is 1.57. The monoisotopic (exact) mass is 218 g/mol. The Morgan fingerprint density at radius 3 is 2.93 bits per heavy atom. The average molecular weight is 218 g/mol. The maximum absolute atomic E-state index is 6.07. The van der Waals surface area contributed by atoms with Crippen molar-refractivity contribution in [3.8, 4) is 0 Å². The third-order valence-electron chi connectivity index (χ3n) is 3.59. The van der Waals surface area contributed by atoms with E-state index in [0.29, 0.717) is 0 Å². The van der Waals surface area contributed by atoms with Gasteiger partial charge in [-0.3, -0.25) is 0 Å². The second-order valence-electron chi connectivity index (χ2n) is 4.52. The molecule has 1 aliphatic rings. The predicted molar refractivity (Wildman–Crippen MR) is 64.2 cm³/mol. The highest BCUT2D eigenvalue weighted by atomic mass is 32.1. The van der Waals surface area contributed by atoms with Crippen LogP contribution in [-0.4, -0.2) is 10.4 Å². The zero-order valence-electron chi connectivity index (χ0n) is 8.73. The Kier molecular flexibility index (Phi) is 1.88. The minimum absolute atomic E-state index is 0.253. The van der Waals surface area contributed by atoms with Crippen LogP contribution in [-0.2, 0) is 5.41 Å². The fraction of sp³-hybridized carbons (Fsp3) is 0.417. The van der Waals surface area contributed by atoms with E-state index in [1.165, 1.54) is 28.5 Å². The van der Waals surface area contributed by atoms with Crippen LogP contribution >= 0.6 is 11.5 Å². The van der Waals surface area contributed by atoms with E-state index in [9.17, 15) is 0 Å². The summed E-state index contributed by atoms with van der Waals surface area (Å²) in [6.07, 6.45) is 4.39. The molecule has 0 amide bonds. The molecule has 1 heterocycles. The molecular formula is C12H14N2S. The Morgan fingerprint density at radius 2 is 2.27 bits per heavy atom. The summed E-state index contributed by atoms with van der Waals surface area (Å²) in [6.45, 7) is 2.11. The van der Waals surface area contributed by atoms with Gasteiger partial charge in [-0.15, -0.1) is 0 Å². The predicted octanol–water partition coefficient (Wildman–Crippen LogP) is 2.68. The smallest absolute Gasteiger partial charge is 0.0552 e. The molecule has 3 heteroatoms. The van der Waals surface area contributed by atoms with E-state index in [-0.39, 0.29) is 11.5 Å². The molecule has 0 aliphatic heterocycles. The van der Waals surface area contributed by atoms with Crippen molar-refractivity contribution in [3.05, 3.63) is 30.0 Å². The quantitative estimate of drug-likeness (QED) is 0.841. The number of aromatic nitrogens is 1. The van der Waals surface area contributed by atoms with Gasteiger partial charge in [-0.25, -0.2) is 0 Å². The fourth-order valence-electron chi connectivity index (χ4n) is 2.31. The number of hydrogen-bond acceptors (Lipinski definition) is 3. The molecule has 1 aromatic heterocycles. The first-order valence-electron chi connectivity index (χ1n) is 5.33. The molecule has 1 unspecified atom stereocenters. The number of fused-ring (bicyclic) bond motifs is 1.